The molecule has 59 valence electrons. The summed E-state index contributed by atoms with van der Waals surface area (Å²) >= 11 is 0. The van der Waals surface area contributed by atoms with E-state index in [2.05, 4.69) is 21.0 Å². The van der Waals surface area contributed by atoms with Gasteiger partial charge < -0.3 is 5.73 Å². The molecule has 0 unspecified atom stereocenters. The maximum atomic E-state index is 5.50. The van der Waals surface area contributed by atoms with E-state index in [0.29, 0.717) is 11.5 Å². The maximum Gasteiger partial charge on any atom is 0.196 e. The predicted octanol–water partition coefficient (Wildman–Crippen LogP) is 1.12. The molecule has 0 saturated carbocycles. The molecule has 1 aromatic carbocycles. The summed E-state index contributed by atoms with van der Waals surface area (Å²) < 4.78 is 4.46. The van der Waals surface area contributed by atoms with Crippen molar-refractivity contribution in [2.75, 3.05) is 5.73 Å². The van der Waals surface area contributed by atoms with Gasteiger partial charge in [0, 0.05) is 5.56 Å². The molecule has 1 heterocycles. The second-order valence-electron chi connectivity index (χ2n) is 2.29. The first-order valence-corrected chi connectivity index (χ1v) is 3.42. The van der Waals surface area contributed by atoms with Crippen molar-refractivity contribution in [1.29, 1.82) is 0 Å². The molecule has 0 aliphatic carbocycles. The van der Waals surface area contributed by atoms with E-state index < -0.39 is 0 Å². The molecule has 0 bridgehead atoms. The lowest BCUT2D eigenvalue weighted by Crippen LogP contribution is -1.87. The van der Waals surface area contributed by atoms with Gasteiger partial charge in [-0.25, -0.2) is 4.63 Å². The van der Waals surface area contributed by atoms with Crippen LogP contribution in [-0.4, -0.2) is 10.3 Å². The fourth-order valence-electron chi connectivity index (χ4n) is 0.941. The van der Waals surface area contributed by atoms with Crippen LogP contribution in [-0.2, 0) is 0 Å². The fraction of sp³-hybridized carbons (Fsp3) is 0. The van der Waals surface area contributed by atoms with E-state index in [1.807, 2.05) is 12.1 Å². The van der Waals surface area contributed by atoms with E-state index in [1.54, 1.807) is 12.1 Å². The third-order valence-corrected chi connectivity index (χ3v) is 1.51. The Bertz CT molecular complexity index is 369. The Morgan fingerprint density at radius 3 is 2.58 bits per heavy atom. The summed E-state index contributed by atoms with van der Waals surface area (Å²) in [5, 5.41) is 7.14. The van der Waals surface area contributed by atoms with Crippen LogP contribution in [0.2, 0.25) is 0 Å². The number of anilines is 1. The van der Waals surface area contributed by atoms with Gasteiger partial charge in [0.05, 0.1) is 0 Å². The third kappa shape index (κ3) is 1.03. The Morgan fingerprint density at radius 1 is 1.25 bits per heavy atom. The SMILES string of the molecule is Nc1nonc1-c1cc[c]cc1. The lowest BCUT2D eigenvalue weighted by atomic mass is 10.2. The van der Waals surface area contributed by atoms with Crippen molar-refractivity contribution in [2.24, 2.45) is 0 Å². The average Bonchev–Trinajstić information content (AvgIpc) is 2.53. The zero-order valence-electron chi connectivity index (χ0n) is 6.19. The molecule has 0 saturated heterocycles. The van der Waals surface area contributed by atoms with Gasteiger partial charge in [-0.1, -0.05) is 24.3 Å². The minimum Gasteiger partial charge on any atom is -0.379 e. The van der Waals surface area contributed by atoms with Crippen LogP contribution in [0.1, 0.15) is 0 Å². The van der Waals surface area contributed by atoms with Gasteiger partial charge in [0.25, 0.3) is 0 Å². The molecule has 4 nitrogen and oxygen atoms in total. The van der Waals surface area contributed by atoms with Crippen molar-refractivity contribution in [2.45, 2.75) is 0 Å². The Morgan fingerprint density at radius 2 is 2.00 bits per heavy atom. The van der Waals surface area contributed by atoms with E-state index >= 15 is 0 Å². The van der Waals surface area contributed by atoms with Gasteiger partial charge in [-0.3, -0.25) is 0 Å². The Balaban J connectivity index is 2.51. The second-order valence-corrected chi connectivity index (χ2v) is 2.29. The highest BCUT2D eigenvalue weighted by atomic mass is 16.6. The number of rotatable bonds is 1. The van der Waals surface area contributed by atoms with Crippen molar-refractivity contribution < 1.29 is 4.63 Å². The molecule has 1 aromatic heterocycles. The van der Waals surface area contributed by atoms with E-state index in [-0.39, 0.29) is 0 Å². The smallest absolute Gasteiger partial charge is 0.196 e. The molecule has 0 fully saturated rings. The number of benzene rings is 1. The molecule has 4 heteroatoms. The number of nitrogens with zero attached hydrogens (tertiary/aromatic N) is 2. The van der Waals surface area contributed by atoms with Gasteiger partial charge in [0.15, 0.2) is 11.5 Å². The molecule has 0 amide bonds. The summed E-state index contributed by atoms with van der Waals surface area (Å²) in [6, 6.07) is 10.1. The summed E-state index contributed by atoms with van der Waals surface area (Å²) in [5.74, 6) is 0.307. The first-order valence-electron chi connectivity index (χ1n) is 3.42. The van der Waals surface area contributed by atoms with Gasteiger partial charge in [-0.05, 0) is 16.4 Å². The topological polar surface area (TPSA) is 64.9 Å². The van der Waals surface area contributed by atoms with Crippen molar-refractivity contribution in [3.8, 4) is 11.3 Å². The highest BCUT2D eigenvalue weighted by Crippen LogP contribution is 2.20. The predicted molar refractivity (Wildman–Crippen MR) is 43.0 cm³/mol. The quantitative estimate of drug-likeness (QED) is 0.678. The fourth-order valence-corrected chi connectivity index (χ4v) is 0.941. The van der Waals surface area contributed by atoms with Crippen LogP contribution < -0.4 is 5.73 Å². The lowest BCUT2D eigenvalue weighted by molar-refractivity contribution is 0.310. The minimum absolute atomic E-state index is 0.307. The Kier molecular flexibility index (Phi) is 1.51. The first kappa shape index (κ1) is 6.84. The van der Waals surface area contributed by atoms with Crippen LogP contribution in [0, 0.1) is 6.07 Å². The summed E-state index contributed by atoms with van der Waals surface area (Å²) in [5.41, 5.74) is 6.95. The number of nitrogen functional groups attached to an aromatic ring is 1. The number of hydrogen-bond donors (Lipinski definition) is 1. The van der Waals surface area contributed by atoms with E-state index in [1.165, 1.54) is 0 Å². The monoisotopic (exact) mass is 160 g/mol. The molecule has 0 atom stereocenters. The van der Waals surface area contributed by atoms with E-state index in [4.69, 9.17) is 5.73 Å². The molecule has 0 aliphatic heterocycles. The third-order valence-electron chi connectivity index (χ3n) is 1.51. The molecule has 0 aliphatic rings. The largest absolute Gasteiger partial charge is 0.379 e. The van der Waals surface area contributed by atoms with Crippen molar-refractivity contribution in [1.82, 2.24) is 10.3 Å². The molecular formula is C8H6N3O. The maximum absolute atomic E-state index is 5.50. The minimum atomic E-state index is 0.307. The zero-order chi connectivity index (χ0) is 8.39. The Hall–Kier alpha value is -1.84. The second kappa shape index (κ2) is 2.65. The van der Waals surface area contributed by atoms with Gasteiger partial charge in [0.2, 0.25) is 0 Å². The highest BCUT2D eigenvalue weighted by molar-refractivity contribution is 5.68. The standard InChI is InChI=1S/C8H6N3O/c9-8-7(10-12-11-8)6-4-2-1-3-5-6/h2-5H,(H2,9,11). The lowest BCUT2D eigenvalue weighted by Gasteiger charge is -1.92. The van der Waals surface area contributed by atoms with E-state index in [0.717, 1.165) is 5.56 Å². The molecule has 2 rings (SSSR count). The highest BCUT2D eigenvalue weighted by Gasteiger charge is 2.06. The summed E-state index contributed by atoms with van der Waals surface area (Å²) in [6.07, 6.45) is 0. The molecule has 2 aromatic rings. The molecular weight excluding hydrogens is 154 g/mol. The van der Waals surface area contributed by atoms with Crippen LogP contribution in [0.3, 0.4) is 0 Å². The van der Waals surface area contributed by atoms with Crippen LogP contribution in [0.25, 0.3) is 11.3 Å². The van der Waals surface area contributed by atoms with Crippen LogP contribution in [0.4, 0.5) is 5.82 Å². The van der Waals surface area contributed by atoms with Crippen LogP contribution >= 0.6 is 0 Å². The molecule has 2 N–H and O–H groups in total. The number of aromatic nitrogens is 2. The normalized spacial score (nSPS) is 10.0. The van der Waals surface area contributed by atoms with Crippen LogP contribution in [0.5, 0.6) is 0 Å². The van der Waals surface area contributed by atoms with Crippen molar-refractivity contribution >= 4 is 5.82 Å². The average molecular weight is 160 g/mol. The van der Waals surface area contributed by atoms with Crippen molar-refractivity contribution in [3.63, 3.8) is 0 Å². The number of hydrogen-bond acceptors (Lipinski definition) is 4. The molecule has 0 spiro atoms. The summed E-state index contributed by atoms with van der Waals surface area (Å²) in [6.45, 7) is 0. The van der Waals surface area contributed by atoms with Gasteiger partial charge in [-0.15, -0.1) is 0 Å². The van der Waals surface area contributed by atoms with Crippen molar-refractivity contribution in [3.05, 3.63) is 30.3 Å². The Labute approximate surface area is 69.0 Å². The summed E-state index contributed by atoms with van der Waals surface area (Å²) in [4.78, 5) is 0. The first-order chi connectivity index (χ1) is 5.88. The zero-order valence-corrected chi connectivity index (χ0v) is 6.19. The van der Waals surface area contributed by atoms with Gasteiger partial charge in [0.1, 0.15) is 0 Å². The molecule has 1 radical (unpaired) electrons. The number of nitrogens with two attached hydrogens (primary N) is 1. The van der Waals surface area contributed by atoms with Gasteiger partial charge >= 0.3 is 0 Å². The van der Waals surface area contributed by atoms with E-state index in [9.17, 15) is 0 Å². The van der Waals surface area contributed by atoms with Gasteiger partial charge in [-0.2, -0.15) is 0 Å². The van der Waals surface area contributed by atoms with Crippen LogP contribution in [0.15, 0.2) is 28.9 Å². The summed E-state index contributed by atoms with van der Waals surface area (Å²) in [7, 11) is 0. The molecule has 12 heavy (non-hydrogen) atoms.